The van der Waals surface area contributed by atoms with Crippen molar-refractivity contribution in [3.05, 3.63) is 78.6 Å². The number of nitrogens with one attached hydrogen (secondary N) is 1. The maximum atomic E-state index is 13.7. The molecule has 1 unspecified atom stereocenters. The van der Waals surface area contributed by atoms with Crippen molar-refractivity contribution in [1.29, 1.82) is 0 Å². The second kappa shape index (κ2) is 9.34. The van der Waals surface area contributed by atoms with Crippen LogP contribution < -0.4 is 10.1 Å². The third-order valence-electron chi connectivity index (χ3n) is 5.03. The van der Waals surface area contributed by atoms with Crippen molar-refractivity contribution in [2.45, 2.75) is 25.3 Å². The van der Waals surface area contributed by atoms with Crippen molar-refractivity contribution in [2.24, 2.45) is 0 Å². The molecule has 0 saturated carbocycles. The SMILES string of the molecule is O=C(Nc1ccc(Oc2ccccc2F)cc1)C1CCCCN1C(=O)c1cnccn1. The first-order valence-electron chi connectivity index (χ1n) is 10.0. The van der Waals surface area contributed by atoms with Gasteiger partial charge < -0.3 is 15.0 Å². The zero-order valence-electron chi connectivity index (χ0n) is 16.7. The van der Waals surface area contributed by atoms with Crippen LogP contribution in [0.25, 0.3) is 0 Å². The van der Waals surface area contributed by atoms with Crippen LogP contribution in [0, 0.1) is 5.82 Å². The Bertz CT molecular complexity index is 1060. The summed E-state index contributed by atoms with van der Waals surface area (Å²) in [4.78, 5) is 35.3. The fourth-order valence-corrected chi connectivity index (χ4v) is 3.49. The average Bonchev–Trinajstić information content (AvgIpc) is 2.82. The highest BCUT2D eigenvalue weighted by Gasteiger charge is 2.33. The van der Waals surface area contributed by atoms with Gasteiger partial charge in [-0.1, -0.05) is 12.1 Å². The molecule has 1 fully saturated rings. The Morgan fingerprint density at radius 3 is 2.61 bits per heavy atom. The first-order chi connectivity index (χ1) is 15.1. The number of hydrogen-bond acceptors (Lipinski definition) is 5. The number of carbonyl (C=O) groups is 2. The number of piperidine rings is 1. The first-order valence-corrected chi connectivity index (χ1v) is 10.0. The summed E-state index contributed by atoms with van der Waals surface area (Å²) in [6, 6.07) is 12.2. The van der Waals surface area contributed by atoms with Crippen molar-refractivity contribution in [3.63, 3.8) is 0 Å². The van der Waals surface area contributed by atoms with E-state index in [0.29, 0.717) is 24.4 Å². The topological polar surface area (TPSA) is 84.4 Å². The molecule has 1 atom stereocenters. The highest BCUT2D eigenvalue weighted by Crippen LogP contribution is 2.26. The number of hydrogen-bond donors (Lipinski definition) is 1. The Morgan fingerprint density at radius 1 is 1.06 bits per heavy atom. The van der Waals surface area contributed by atoms with Crippen molar-refractivity contribution in [2.75, 3.05) is 11.9 Å². The molecule has 1 aromatic heterocycles. The van der Waals surface area contributed by atoms with Crippen LogP contribution in [0.5, 0.6) is 11.5 Å². The number of likely N-dealkylation sites (tertiary alicyclic amines) is 1. The van der Waals surface area contributed by atoms with Gasteiger partial charge in [-0.3, -0.25) is 14.6 Å². The van der Waals surface area contributed by atoms with E-state index in [9.17, 15) is 14.0 Å². The number of aromatic nitrogens is 2. The van der Waals surface area contributed by atoms with Gasteiger partial charge >= 0.3 is 0 Å². The average molecular weight is 420 g/mol. The standard InChI is InChI=1S/C23H21FN4O3/c24-18-5-1-2-7-21(18)31-17-10-8-16(9-11-17)27-22(29)20-6-3-4-14-28(20)23(30)19-15-25-12-13-26-19/h1-2,5,7-13,15,20H,3-4,6,14H2,(H,27,29). The predicted octanol–water partition coefficient (Wildman–Crippen LogP) is 4.04. The van der Waals surface area contributed by atoms with Gasteiger partial charge in [-0.05, 0) is 55.7 Å². The molecular weight excluding hydrogens is 399 g/mol. The number of rotatable bonds is 5. The second-order valence-corrected chi connectivity index (χ2v) is 7.15. The molecular formula is C23H21FN4O3. The molecule has 8 heteroatoms. The minimum absolute atomic E-state index is 0.125. The van der Waals surface area contributed by atoms with Gasteiger partial charge in [0.2, 0.25) is 5.91 Å². The summed E-state index contributed by atoms with van der Waals surface area (Å²) in [7, 11) is 0. The first kappa shape index (κ1) is 20.5. The Hall–Kier alpha value is -3.81. The van der Waals surface area contributed by atoms with E-state index in [1.165, 1.54) is 30.7 Å². The van der Waals surface area contributed by atoms with Gasteiger partial charge in [-0.25, -0.2) is 9.37 Å². The van der Waals surface area contributed by atoms with Gasteiger partial charge in [-0.15, -0.1) is 0 Å². The number of ether oxygens (including phenoxy) is 1. The van der Waals surface area contributed by atoms with E-state index in [2.05, 4.69) is 15.3 Å². The number of anilines is 1. The van der Waals surface area contributed by atoms with Gasteiger partial charge in [0, 0.05) is 24.6 Å². The van der Waals surface area contributed by atoms with Gasteiger partial charge in [0.1, 0.15) is 17.5 Å². The predicted molar refractivity (Wildman–Crippen MR) is 112 cm³/mol. The molecule has 4 rings (SSSR count). The molecule has 0 spiro atoms. The molecule has 31 heavy (non-hydrogen) atoms. The van der Waals surface area contributed by atoms with E-state index in [1.807, 2.05) is 0 Å². The highest BCUT2D eigenvalue weighted by atomic mass is 19.1. The van der Waals surface area contributed by atoms with Crippen LogP contribution in [0.2, 0.25) is 0 Å². The summed E-state index contributed by atoms with van der Waals surface area (Å²) in [6.45, 7) is 0.489. The largest absolute Gasteiger partial charge is 0.454 e. The zero-order valence-corrected chi connectivity index (χ0v) is 16.7. The van der Waals surface area contributed by atoms with Crippen LogP contribution >= 0.6 is 0 Å². The summed E-state index contributed by atoms with van der Waals surface area (Å²) < 4.78 is 19.3. The summed E-state index contributed by atoms with van der Waals surface area (Å²) >= 11 is 0. The lowest BCUT2D eigenvalue weighted by Crippen LogP contribution is -2.50. The number of amides is 2. The van der Waals surface area contributed by atoms with Crippen LogP contribution in [-0.4, -0.2) is 39.3 Å². The fourth-order valence-electron chi connectivity index (χ4n) is 3.49. The van der Waals surface area contributed by atoms with Gasteiger partial charge in [-0.2, -0.15) is 0 Å². The molecule has 0 radical (unpaired) electrons. The van der Waals surface area contributed by atoms with Crippen LogP contribution in [0.1, 0.15) is 29.8 Å². The Morgan fingerprint density at radius 2 is 1.87 bits per heavy atom. The normalized spacial score (nSPS) is 15.9. The van der Waals surface area contributed by atoms with Crippen molar-refractivity contribution in [1.82, 2.24) is 14.9 Å². The van der Waals surface area contributed by atoms with E-state index < -0.39 is 11.9 Å². The summed E-state index contributed by atoms with van der Waals surface area (Å²) in [5, 5.41) is 2.85. The summed E-state index contributed by atoms with van der Waals surface area (Å²) in [5.74, 6) is -0.453. The van der Waals surface area contributed by atoms with Crippen molar-refractivity contribution < 1.29 is 18.7 Å². The second-order valence-electron chi connectivity index (χ2n) is 7.15. The maximum absolute atomic E-state index is 13.7. The van der Waals surface area contributed by atoms with Gasteiger partial charge in [0.25, 0.3) is 5.91 Å². The number of halogens is 1. The summed E-state index contributed by atoms with van der Waals surface area (Å²) in [5.41, 5.74) is 0.778. The molecule has 0 aliphatic carbocycles. The monoisotopic (exact) mass is 420 g/mol. The highest BCUT2D eigenvalue weighted by molar-refractivity contribution is 6.00. The lowest BCUT2D eigenvalue weighted by molar-refractivity contribution is -0.121. The van der Waals surface area contributed by atoms with Crippen LogP contribution in [-0.2, 0) is 4.79 Å². The van der Waals surface area contributed by atoms with Crippen LogP contribution in [0.4, 0.5) is 10.1 Å². The Labute approximate surface area is 178 Å². The minimum Gasteiger partial charge on any atom is -0.454 e. The van der Waals surface area contributed by atoms with E-state index in [0.717, 1.165) is 12.8 Å². The molecule has 1 N–H and O–H groups in total. The number of benzene rings is 2. The minimum atomic E-state index is -0.586. The molecule has 1 saturated heterocycles. The van der Waals surface area contributed by atoms with E-state index in [4.69, 9.17) is 4.74 Å². The lowest BCUT2D eigenvalue weighted by Gasteiger charge is -2.34. The molecule has 2 heterocycles. The third kappa shape index (κ3) is 4.85. The number of para-hydroxylation sites is 1. The molecule has 158 valence electrons. The molecule has 0 bridgehead atoms. The van der Waals surface area contributed by atoms with E-state index in [1.54, 1.807) is 41.3 Å². The number of carbonyl (C=O) groups excluding carboxylic acids is 2. The molecule has 2 amide bonds. The fraction of sp³-hybridized carbons (Fsp3) is 0.217. The Kier molecular flexibility index (Phi) is 6.16. The van der Waals surface area contributed by atoms with E-state index >= 15 is 0 Å². The Balaban J connectivity index is 1.43. The molecule has 7 nitrogen and oxygen atoms in total. The van der Waals surface area contributed by atoms with Crippen LogP contribution in [0.15, 0.2) is 67.1 Å². The molecule has 3 aromatic rings. The molecule has 1 aliphatic rings. The number of nitrogens with zero attached hydrogens (tertiary/aromatic N) is 3. The smallest absolute Gasteiger partial charge is 0.274 e. The van der Waals surface area contributed by atoms with Gasteiger partial charge in [0.05, 0.1) is 6.20 Å². The lowest BCUT2D eigenvalue weighted by atomic mass is 10.0. The third-order valence-corrected chi connectivity index (χ3v) is 5.03. The summed E-state index contributed by atoms with van der Waals surface area (Å²) in [6.07, 6.45) is 6.62. The van der Waals surface area contributed by atoms with Crippen molar-refractivity contribution >= 4 is 17.5 Å². The van der Waals surface area contributed by atoms with Gasteiger partial charge in [0.15, 0.2) is 11.6 Å². The molecule has 1 aliphatic heterocycles. The van der Waals surface area contributed by atoms with Crippen LogP contribution in [0.3, 0.4) is 0 Å². The zero-order chi connectivity index (χ0) is 21.6. The maximum Gasteiger partial charge on any atom is 0.274 e. The van der Waals surface area contributed by atoms with E-state index in [-0.39, 0.29) is 23.3 Å². The quantitative estimate of drug-likeness (QED) is 0.673. The molecule has 2 aromatic carbocycles. The van der Waals surface area contributed by atoms with Crippen molar-refractivity contribution in [3.8, 4) is 11.5 Å².